The molecule has 2 heterocycles. The van der Waals surface area contributed by atoms with Crippen LogP contribution in [0.25, 0.3) is 0 Å². The van der Waals surface area contributed by atoms with Crippen molar-refractivity contribution in [2.24, 2.45) is 5.92 Å². The van der Waals surface area contributed by atoms with Gasteiger partial charge in [-0.25, -0.2) is 0 Å². The monoisotopic (exact) mass is 284 g/mol. The molecule has 110 valence electrons. The molecule has 0 aliphatic carbocycles. The predicted molar refractivity (Wildman–Crippen MR) is 82.5 cm³/mol. The molecule has 0 aromatic carbocycles. The maximum Gasteiger partial charge on any atom is 0.239 e. The first-order valence-electron chi connectivity index (χ1n) is 7.78. The molecule has 2 aliphatic rings. The van der Waals surface area contributed by atoms with Gasteiger partial charge in [0, 0.05) is 18.3 Å². The zero-order chi connectivity index (χ0) is 13.7. The van der Waals surface area contributed by atoms with E-state index in [0.717, 1.165) is 25.9 Å². The summed E-state index contributed by atoms with van der Waals surface area (Å²) in [5.74, 6) is 2.25. The number of likely N-dealkylation sites (tertiary alicyclic amines) is 1. The van der Waals surface area contributed by atoms with Gasteiger partial charge in [0.1, 0.15) is 0 Å². The number of amides is 1. The Bertz CT molecular complexity index is 290. The highest BCUT2D eigenvalue weighted by atomic mass is 32.2. The van der Waals surface area contributed by atoms with Crippen molar-refractivity contribution in [2.45, 2.75) is 56.7 Å². The van der Waals surface area contributed by atoms with E-state index in [1.165, 1.54) is 31.4 Å². The van der Waals surface area contributed by atoms with Crippen molar-refractivity contribution in [2.75, 3.05) is 25.9 Å². The first kappa shape index (κ1) is 15.2. The summed E-state index contributed by atoms with van der Waals surface area (Å²) in [6, 6.07) is 0.0354. The molecule has 3 atom stereocenters. The fourth-order valence-corrected chi connectivity index (χ4v) is 4.45. The van der Waals surface area contributed by atoms with Gasteiger partial charge in [0.05, 0.1) is 6.04 Å². The van der Waals surface area contributed by atoms with E-state index in [0.29, 0.717) is 17.1 Å². The third-order valence-electron chi connectivity index (χ3n) is 4.44. The largest absolute Gasteiger partial charge is 0.340 e. The summed E-state index contributed by atoms with van der Waals surface area (Å²) in [4.78, 5) is 14.7. The van der Waals surface area contributed by atoms with Crippen LogP contribution in [0.2, 0.25) is 0 Å². The van der Waals surface area contributed by atoms with Gasteiger partial charge in [0.25, 0.3) is 0 Å². The van der Waals surface area contributed by atoms with Gasteiger partial charge >= 0.3 is 0 Å². The van der Waals surface area contributed by atoms with Crippen LogP contribution >= 0.6 is 11.8 Å². The number of carbonyl (C=O) groups is 1. The van der Waals surface area contributed by atoms with Gasteiger partial charge in [0.2, 0.25) is 5.91 Å². The van der Waals surface area contributed by atoms with Crippen LogP contribution in [0.3, 0.4) is 0 Å². The van der Waals surface area contributed by atoms with E-state index in [1.54, 1.807) is 0 Å². The van der Waals surface area contributed by atoms with Crippen molar-refractivity contribution in [1.29, 1.82) is 0 Å². The molecule has 2 aliphatic heterocycles. The Labute approximate surface area is 121 Å². The molecule has 0 spiro atoms. The molecule has 1 amide bonds. The molecule has 1 N–H and O–H groups in total. The van der Waals surface area contributed by atoms with E-state index in [2.05, 4.69) is 28.9 Å². The lowest BCUT2D eigenvalue weighted by Gasteiger charge is -2.27. The zero-order valence-corrected chi connectivity index (χ0v) is 13.2. The molecule has 0 radical (unpaired) electrons. The number of likely N-dealkylation sites (N-methyl/N-ethyl adjacent to an activating group) is 1. The number of rotatable bonds is 3. The lowest BCUT2D eigenvalue weighted by atomic mass is 10.0. The van der Waals surface area contributed by atoms with Crippen LogP contribution in [0.5, 0.6) is 0 Å². The molecule has 0 bridgehead atoms. The van der Waals surface area contributed by atoms with Crippen LogP contribution < -0.4 is 5.32 Å². The van der Waals surface area contributed by atoms with Gasteiger partial charge in [-0.3, -0.25) is 4.79 Å². The van der Waals surface area contributed by atoms with Crippen molar-refractivity contribution >= 4 is 17.7 Å². The second kappa shape index (κ2) is 7.53. The van der Waals surface area contributed by atoms with Crippen molar-refractivity contribution in [3.8, 4) is 0 Å². The Balaban J connectivity index is 1.94. The van der Waals surface area contributed by atoms with Gasteiger partial charge in [-0.05, 0) is 44.4 Å². The number of nitrogens with zero attached hydrogens (tertiary/aromatic N) is 1. The maximum absolute atomic E-state index is 12.5. The third kappa shape index (κ3) is 4.38. The Morgan fingerprint density at radius 2 is 2.16 bits per heavy atom. The smallest absolute Gasteiger partial charge is 0.239 e. The van der Waals surface area contributed by atoms with Crippen LogP contribution in [-0.2, 0) is 4.79 Å². The summed E-state index contributed by atoms with van der Waals surface area (Å²) < 4.78 is 0. The third-order valence-corrected chi connectivity index (χ3v) is 5.82. The summed E-state index contributed by atoms with van der Waals surface area (Å²) in [5.41, 5.74) is 0. The van der Waals surface area contributed by atoms with Gasteiger partial charge in [-0.15, -0.1) is 0 Å². The van der Waals surface area contributed by atoms with Crippen molar-refractivity contribution in [3.63, 3.8) is 0 Å². The van der Waals surface area contributed by atoms with Crippen LogP contribution in [-0.4, -0.2) is 48.0 Å². The molecule has 0 saturated carbocycles. The molecular formula is C15H28N2OS. The molecule has 3 unspecified atom stereocenters. The minimum atomic E-state index is 0.0354. The molecular weight excluding hydrogens is 256 g/mol. The van der Waals surface area contributed by atoms with E-state index < -0.39 is 0 Å². The van der Waals surface area contributed by atoms with Crippen LogP contribution in [0.4, 0.5) is 0 Å². The minimum absolute atomic E-state index is 0.0354. The van der Waals surface area contributed by atoms with Crippen molar-refractivity contribution in [3.05, 3.63) is 0 Å². The lowest BCUT2D eigenvalue weighted by Crippen LogP contribution is -2.46. The topological polar surface area (TPSA) is 32.3 Å². The van der Waals surface area contributed by atoms with Gasteiger partial charge < -0.3 is 10.2 Å². The Kier molecular flexibility index (Phi) is 6.02. The van der Waals surface area contributed by atoms with E-state index in [4.69, 9.17) is 0 Å². The molecule has 2 saturated heterocycles. The highest BCUT2D eigenvalue weighted by Gasteiger charge is 2.30. The SMILES string of the molecule is CNC1CC(C)CCN(CC2CCCCCS2)C1=O. The van der Waals surface area contributed by atoms with Gasteiger partial charge in [-0.1, -0.05) is 19.8 Å². The summed E-state index contributed by atoms with van der Waals surface area (Å²) in [5, 5.41) is 3.87. The number of nitrogens with one attached hydrogen (secondary N) is 1. The quantitative estimate of drug-likeness (QED) is 0.864. The summed E-state index contributed by atoms with van der Waals surface area (Å²) >= 11 is 2.08. The standard InChI is InChI=1S/C15H28N2OS/c1-12-7-8-17(15(18)14(10-12)16-2)11-13-6-4-3-5-9-19-13/h12-14,16H,3-11H2,1-2H3. The van der Waals surface area contributed by atoms with E-state index in [1.807, 2.05) is 7.05 Å². The average Bonchev–Trinajstić information content (AvgIpc) is 2.73. The molecule has 0 aromatic heterocycles. The fraction of sp³-hybridized carbons (Fsp3) is 0.933. The van der Waals surface area contributed by atoms with E-state index in [9.17, 15) is 4.79 Å². The minimum Gasteiger partial charge on any atom is -0.340 e. The van der Waals surface area contributed by atoms with Gasteiger partial charge in [0.15, 0.2) is 0 Å². The van der Waals surface area contributed by atoms with E-state index in [-0.39, 0.29) is 6.04 Å². The Morgan fingerprint density at radius 3 is 2.95 bits per heavy atom. The van der Waals surface area contributed by atoms with Crippen molar-refractivity contribution in [1.82, 2.24) is 10.2 Å². The summed E-state index contributed by atoms with van der Waals surface area (Å²) in [7, 11) is 1.92. The predicted octanol–water partition coefficient (Wildman–Crippen LogP) is 2.51. The van der Waals surface area contributed by atoms with Crippen LogP contribution in [0, 0.1) is 5.92 Å². The average molecular weight is 284 g/mol. The summed E-state index contributed by atoms with van der Waals surface area (Å²) in [6.45, 7) is 4.19. The summed E-state index contributed by atoms with van der Waals surface area (Å²) in [6.07, 6.45) is 7.49. The number of carbonyl (C=O) groups excluding carboxylic acids is 1. The van der Waals surface area contributed by atoms with Crippen molar-refractivity contribution < 1.29 is 4.79 Å². The van der Waals surface area contributed by atoms with E-state index >= 15 is 0 Å². The molecule has 2 fully saturated rings. The molecule has 0 aromatic rings. The number of thioether (sulfide) groups is 1. The van der Waals surface area contributed by atoms with Gasteiger partial charge in [-0.2, -0.15) is 11.8 Å². The zero-order valence-electron chi connectivity index (χ0n) is 12.4. The number of hydrogen-bond acceptors (Lipinski definition) is 3. The van der Waals surface area contributed by atoms with Crippen LogP contribution in [0.15, 0.2) is 0 Å². The number of hydrogen-bond donors (Lipinski definition) is 1. The highest BCUT2D eigenvalue weighted by Crippen LogP contribution is 2.26. The fourth-order valence-electron chi connectivity index (χ4n) is 3.12. The Morgan fingerprint density at radius 1 is 1.32 bits per heavy atom. The molecule has 2 rings (SSSR count). The van der Waals surface area contributed by atoms with Crippen LogP contribution in [0.1, 0.15) is 45.4 Å². The lowest BCUT2D eigenvalue weighted by molar-refractivity contribution is -0.132. The molecule has 4 heteroatoms. The maximum atomic E-state index is 12.5. The first-order valence-corrected chi connectivity index (χ1v) is 8.83. The highest BCUT2D eigenvalue weighted by molar-refractivity contribution is 7.99. The second-order valence-electron chi connectivity index (χ2n) is 6.10. The second-order valence-corrected chi connectivity index (χ2v) is 7.51. The Hall–Kier alpha value is -0.220. The first-order chi connectivity index (χ1) is 9.20. The molecule has 19 heavy (non-hydrogen) atoms. The normalized spacial score (nSPS) is 33.9. The molecule has 3 nitrogen and oxygen atoms in total.